The second-order valence-electron chi connectivity index (χ2n) is 3.10. The fourth-order valence-corrected chi connectivity index (χ4v) is 1.93. The quantitative estimate of drug-likeness (QED) is 0.918. The van der Waals surface area contributed by atoms with Crippen LogP contribution in [0.25, 0.3) is 11.3 Å². The van der Waals surface area contributed by atoms with E-state index >= 15 is 0 Å². The largest absolute Gasteiger partial charge is 0.322 e. The average Bonchev–Trinajstić information content (AvgIpc) is 2.68. The van der Waals surface area contributed by atoms with Gasteiger partial charge >= 0.3 is 0 Å². The van der Waals surface area contributed by atoms with Crippen molar-refractivity contribution in [2.24, 2.45) is 5.73 Å². The molecule has 2 rings (SSSR count). The van der Waals surface area contributed by atoms with Crippen molar-refractivity contribution < 1.29 is 0 Å². The second-order valence-corrected chi connectivity index (χ2v) is 3.99. The molecule has 0 radical (unpaired) electrons. The Labute approximate surface area is 111 Å². The molecule has 0 fully saturated rings. The molecular weight excluding hydrogens is 265 g/mol. The molecule has 2 heterocycles. The molecule has 16 heavy (non-hydrogen) atoms. The third-order valence-corrected chi connectivity index (χ3v) is 2.91. The molecular formula is C10H13Cl2N3S. The van der Waals surface area contributed by atoms with E-state index < -0.39 is 0 Å². The molecule has 0 spiro atoms. The first-order valence-corrected chi connectivity index (χ1v) is 5.27. The van der Waals surface area contributed by atoms with Crippen LogP contribution < -0.4 is 5.73 Å². The zero-order valence-corrected chi connectivity index (χ0v) is 11.1. The van der Waals surface area contributed by atoms with Crippen molar-refractivity contribution in [1.82, 2.24) is 9.97 Å². The van der Waals surface area contributed by atoms with E-state index in [0.717, 1.165) is 16.3 Å². The lowest BCUT2D eigenvalue weighted by Gasteiger charge is -1.97. The van der Waals surface area contributed by atoms with Gasteiger partial charge in [0, 0.05) is 23.3 Å². The summed E-state index contributed by atoms with van der Waals surface area (Å²) >= 11 is 1.59. The van der Waals surface area contributed by atoms with Gasteiger partial charge in [0.05, 0.1) is 11.7 Å². The molecule has 0 saturated heterocycles. The number of halogens is 2. The van der Waals surface area contributed by atoms with Gasteiger partial charge in [-0.05, 0) is 19.1 Å². The molecule has 2 aromatic rings. The summed E-state index contributed by atoms with van der Waals surface area (Å²) in [6.07, 6.45) is 3.56. The van der Waals surface area contributed by atoms with Crippen molar-refractivity contribution in [3.63, 3.8) is 0 Å². The molecule has 0 saturated carbocycles. The van der Waals surface area contributed by atoms with Gasteiger partial charge < -0.3 is 5.73 Å². The lowest BCUT2D eigenvalue weighted by atomic mass is 10.2. The van der Waals surface area contributed by atoms with Crippen LogP contribution in [0.5, 0.6) is 0 Å². The fraction of sp³-hybridized carbons (Fsp3) is 0.200. The number of rotatable bonds is 2. The number of hydrogen-bond donors (Lipinski definition) is 1. The first-order valence-electron chi connectivity index (χ1n) is 4.39. The van der Waals surface area contributed by atoms with Crippen molar-refractivity contribution in [3.05, 3.63) is 34.9 Å². The molecule has 0 aliphatic carbocycles. The maximum Gasteiger partial charge on any atom is 0.110 e. The lowest BCUT2D eigenvalue weighted by molar-refractivity contribution is 0.808. The first kappa shape index (κ1) is 15.3. The third kappa shape index (κ3) is 3.42. The predicted octanol–water partition coefficient (Wildman–Crippen LogP) is 3.07. The maximum atomic E-state index is 5.74. The smallest absolute Gasteiger partial charge is 0.110 e. The number of pyridine rings is 1. The van der Waals surface area contributed by atoms with Gasteiger partial charge in [-0.25, -0.2) is 4.98 Å². The minimum atomic E-state index is 0. The summed E-state index contributed by atoms with van der Waals surface area (Å²) in [5.41, 5.74) is 7.73. The van der Waals surface area contributed by atoms with Gasteiger partial charge in [-0.15, -0.1) is 36.2 Å². The Morgan fingerprint density at radius 2 is 2.12 bits per heavy atom. The fourth-order valence-electron chi connectivity index (χ4n) is 1.14. The molecule has 2 aromatic heterocycles. The SMILES string of the molecule is CC(N)c1nc(-c2cccnc2)cs1.Cl.Cl. The van der Waals surface area contributed by atoms with Gasteiger partial charge in [-0.3, -0.25) is 4.98 Å². The van der Waals surface area contributed by atoms with Crippen LogP contribution >= 0.6 is 36.2 Å². The summed E-state index contributed by atoms with van der Waals surface area (Å²) in [7, 11) is 0. The maximum absolute atomic E-state index is 5.74. The minimum absolute atomic E-state index is 0. The highest BCUT2D eigenvalue weighted by atomic mass is 35.5. The third-order valence-electron chi connectivity index (χ3n) is 1.87. The van der Waals surface area contributed by atoms with Gasteiger partial charge in [-0.1, -0.05) is 0 Å². The molecule has 3 nitrogen and oxygen atoms in total. The Bertz CT molecular complexity index is 417. The lowest BCUT2D eigenvalue weighted by Crippen LogP contribution is -2.03. The molecule has 0 aromatic carbocycles. The number of aromatic nitrogens is 2. The summed E-state index contributed by atoms with van der Waals surface area (Å²) in [5, 5.41) is 2.97. The van der Waals surface area contributed by atoms with Gasteiger partial charge in [0.1, 0.15) is 5.01 Å². The van der Waals surface area contributed by atoms with Crippen LogP contribution in [-0.4, -0.2) is 9.97 Å². The highest BCUT2D eigenvalue weighted by Crippen LogP contribution is 2.23. The van der Waals surface area contributed by atoms with E-state index in [4.69, 9.17) is 5.73 Å². The van der Waals surface area contributed by atoms with E-state index in [0.29, 0.717) is 0 Å². The van der Waals surface area contributed by atoms with Crippen LogP contribution in [0, 0.1) is 0 Å². The van der Waals surface area contributed by atoms with Crippen LogP contribution in [0.15, 0.2) is 29.9 Å². The van der Waals surface area contributed by atoms with Gasteiger partial charge in [0.15, 0.2) is 0 Å². The van der Waals surface area contributed by atoms with Crippen LogP contribution in [0.4, 0.5) is 0 Å². The average molecular weight is 278 g/mol. The Hall–Kier alpha value is -0.680. The second kappa shape index (κ2) is 6.81. The summed E-state index contributed by atoms with van der Waals surface area (Å²) in [6, 6.07) is 3.90. The molecule has 1 atom stereocenters. The van der Waals surface area contributed by atoms with E-state index in [1.807, 2.05) is 24.4 Å². The molecule has 1 unspecified atom stereocenters. The van der Waals surface area contributed by atoms with E-state index in [-0.39, 0.29) is 30.9 Å². The minimum Gasteiger partial charge on any atom is -0.322 e. The van der Waals surface area contributed by atoms with E-state index in [1.165, 1.54) is 0 Å². The van der Waals surface area contributed by atoms with E-state index in [2.05, 4.69) is 9.97 Å². The standard InChI is InChI=1S/C10H11N3S.2ClH/c1-7(11)10-13-9(6-14-10)8-3-2-4-12-5-8;;/h2-7H,11H2,1H3;2*1H. The van der Waals surface area contributed by atoms with Crippen molar-refractivity contribution >= 4 is 36.2 Å². The van der Waals surface area contributed by atoms with Crippen LogP contribution in [0.1, 0.15) is 18.0 Å². The van der Waals surface area contributed by atoms with Crippen molar-refractivity contribution in [2.75, 3.05) is 0 Å². The topological polar surface area (TPSA) is 51.8 Å². The Morgan fingerprint density at radius 3 is 2.62 bits per heavy atom. The van der Waals surface area contributed by atoms with Gasteiger partial charge in [0.2, 0.25) is 0 Å². The molecule has 0 aliphatic heterocycles. The predicted molar refractivity (Wildman–Crippen MR) is 72.4 cm³/mol. The molecule has 0 amide bonds. The zero-order valence-electron chi connectivity index (χ0n) is 8.66. The van der Waals surface area contributed by atoms with Crippen molar-refractivity contribution in [1.29, 1.82) is 0 Å². The van der Waals surface area contributed by atoms with Gasteiger partial charge in [0.25, 0.3) is 0 Å². The Morgan fingerprint density at radius 1 is 1.38 bits per heavy atom. The number of hydrogen-bond acceptors (Lipinski definition) is 4. The summed E-state index contributed by atoms with van der Waals surface area (Å²) in [6.45, 7) is 1.94. The molecule has 0 bridgehead atoms. The van der Waals surface area contributed by atoms with Crippen LogP contribution in [0.2, 0.25) is 0 Å². The molecule has 88 valence electrons. The normalized spacial score (nSPS) is 11.1. The Balaban J connectivity index is 0.00000112. The molecule has 6 heteroatoms. The summed E-state index contributed by atoms with van der Waals surface area (Å²) in [5.74, 6) is 0. The van der Waals surface area contributed by atoms with E-state index in [9.17, 15) is 0 Å². The summed E-state index contributed by atoms with van der Waals surface area (Å²) < 4.78 is 0. The number of thiazole rings is 1. The molecule has 0 aliphatic rings. The number of nitrogens with zero attached hydrogens (tertiary/aromatic N) is 2. The van der Waals surface area contributed by atoms with Crippen molar-refractivity contribution in [2.45, 2.75) is 13.0 Å². The number of nitrogens with two attached hydrogens (primary N) is 1. The van der Waals surface area contributed by atoms with Crippen molar-refractivity contribution in [3.8, 4) is 11.3 Å². The summed E-state index contributed by atoms with van der Waals surface area (Å²) in [4.78, 5) is 8.48. The highest BCUT2D eigenvalue weighted by molar-refractivity contribution is 7.10. The van der Waals surface area contributed by atoms with Crippen LogP contribution in [0.3, 0.4) is 0 Å². The highest BCUT2D eigenvalue weighted by Gasteiger charge is 2.06. The first-order chi connectivity index (χ1) is 6.77. The Kier molecular flexibility index (Phi) is 6.52. The zero-order chi connectivity index (χ0) is 9.97. The molecule has 2 N–H and O–H groups in total. The monoisotopic (exact) mass is 277 g/mol. The van der Waals surface area contributed by atoms with Gasteiger partial charge in [-0.2, -0.15) is 0 Å². The van der Waals surface area contributed by atoms with E-state index in [1.54, 1.807) is 23.7 Å². The van der Waals surface area contributed by atoms with Crippen LogP contribution in [-0.2, 0) is 0 Å².